The van der Waals surface area contributed by atoms with Crippen molar-refractivity contribution in [3.63, 3.8) is 0 Å². The van der Waals surface area contributed by atoms with E-state index >= 15 is 0 Å². The quantitative estimate of drug-likeness (QED) is 0.309. The van der Waals surface area contributed by atoms with Crippen molar-refractivity contribution in [3.8, 4) is 28.4 Å². The summed E-state index contributed by atoms with van der Waals surface area (Å²) in [7, 11) is 2.81. The van der Waals surface area contributed by atoms with Crippen molar-refractivity contribution in [1.82, 2.24) is 4.98 Å². The molecule has 6 nitrogen and oxygen atoms in total. The molecule has 1 heterocycles. The first-order chi connectivity index (χ1) is 15.4. The predicted molar refractivity (Wildman–Crippen MR) is 123 cm³/mol. The van der Waals surface area contributed by atoms with E-state index in [2.05, 4.69) is 28.0 Å². The maximum Gasteiger partial charge on any atom is 0.325 e. The van der Waals surface area contributed by atoms with Crippen molar-refractivity contribution in [1.29, 1.82) is 0 Å². The van der Waals surface area contributed by atoms with E-state index in [1.54, 1.807) is 25.3 Å². The van der Waals surface area contributed by atoms with Crippen LogP contribution in [0.25, 0.3) is 11.1 Å². The first-order valence-electron chi connectivity index (χ1n) is 9.68. The van der Waals surface area contributed by atoms with E-state index in [1.165, 1.54) is 12.7 Å². The van der Waals surface area contributed by atoms with Crippen LogP contribution in [0.1, 0.15) is 12.5 Å². The minimum absolute atomic E-state index is 0.0781. The van der Waals surface area contributed by atoms with Gasteiger partial charge in [0, 0.05) is 5.56 Å². The molecule has 2 aromatic carbocycles. The molecule has 0 spiro atoms. The first-order valence-corrected chi connectivity index (χ1v) is 10.4. The molecule has 32 heavy (non-hydrogen) atoms. The van der Waals surface area contributed by atoms with E-state index in [0.717, 1.165) is 17.5 Å². The zero-order chi connectivity index (χ0) is 23.3. The van der Waals surface area contributed by atoms with Crippen LogP contribution >= 0.6 is 23.2 Å². The number of esters is 1. The molecule has 0 fully saturated rings. The van der Waals surface area contributed by atoms with Crippen LogP contribution in [0.2, 0.25) is 10.0 Å². The second-order valence-electron chi connectivity index (χ2n) is 6.66. The van der Waals surface area contributed by atoms with Crippen molar-refractivity contribution in [2.24, 2.45) is 0 Å². The molecule has 9 heteroatoms. The fraction of sp³-hybridized carbons (Fsp3) is 0.217. The molecule has 0 aliphatic carbocycles. The number of carbonyl (C=O) groups is 1. The van der Waals surface area contributed by atoms with E-state index in [4.69, 9.17) is 32.7 Å². The number of carbonyl (C=O) groups excluding carboxylic acids is 1. The van der Waals surface area contributed by atoms with Crippen LogP contribution in [0.4, 0.5) is 10.2 Å². The van der Waals surface area contributed by atoms with Gasteiger partial charge in [0.15, 0.2) is 11.6 Å². The number of nitrogens with one attached hydrogen (secondary N) is 1. The standard InChI is InChI=1S/C23H21Cl2FN2O4/c1-4-13-6-5-7-14(10-13)16-11-15(8-9-17(16)30-2)32-21-19(24)22(26)28-23(20(21)25)27-12-18(29)31-3/h5-11H,4,12H2,1-3H3,(H,27,28). The van der Waals surface area contributed by atoms with Gasteiger partial charge in [-0.05, 0) is 35.7 Å². The molecular weight excluding hydrogens is 458 g/mol. The fourth-order valence-corrected chi connectivity index (χ4v) is 3.45. The van der Waals surface area contributed by atoms with E-state index in [9.17, 15) is 9.18 Å². The molecule has 0 unspecified atom stereocenters. The Morgan fingerprint density at radius 3 is 2.59 bits per heavy atom. The maximum absolute atomic E-state index is 14.3. The third-order valence-electron chi connectivity index (χ3n) is 4.66. The molecule has 0 aliphatic heterocycles. The van der Waals surface area contributed by atoms with Crippen LogP contribution in [0.15, 0.2) is 42.5 Å². The zero-order valence-electron chi connectivity index (χ0n) is 17.7. The highest BCUT2D eigenvalue weighted by molar-refractivity contribution is 6.38. The Balaban J connectivity index is 1.99. The van der Waals surface area contributed by atoms with Crippen molar-refractivity contribution in [2.75, 3.05) is 26.1 Å². The van der Waals surface area contributed by atoms with E-state index in [0.29, 0.717) is 11.5 Å². The molecular formula is C23H21Cl2FN2O4. The molecule has 168 valence electrons. The summed E-state index contributed by atoms with van der Waals surface area (Å²) in [6.07, 6.45) is 0.884. The minimum Gasteiger partial charge on any atom is -0.496 e. The molecule has 1 aromatic heterocycles. The maximum atomic E-state index is 14.3. The molecule has 1 N–H and O–H groups in total. The summed E-state index contributed by atoms with van der Waals surface area (Å²) in [6.45, 7) is 1.81. The number of halogens is 3. The highest BCUT2D eigenvalue weighted by Gasteiger charge is 2.21. The zero-order valence-corrected chi connectivity index (χ0v) is 19.2. The summed E-state index contributed by atoms with van der Waals surface area (Å²) in [5.41, 5.74) is 2.88. The lowest BCUT2D eigenvalue weighted by Crippen LogP contribution is -2.16. The highest BCUT2D eigenvalue weighted by atomic mass is 35.5. The minimum atomic E-state index is -0.997. The molecule has 0 atom stereocenters. The van der Waals surface area contributed by atoms with Crippen molar-refractivity contribution < 1.29 is 23.4 Å². The molecule has 0 saturated carbocycles. The number of hydrogen-bond donors (Lipinski definition) is 1. The van der Waals surface area contributed by atoms with Crippen LogP contribution in [-0.2, 0) is 16.0 Å². The summed E-state index contributed by atoms with van der Waals surface area (Å²) < 4.78 is 30.2. The highest BCUT2D eigenvalue weighted by Crippen LogP contribution is 2.42. The van der Waals surface area contributed by atoms with Gasteiger partial charge in [-0.1, -0.05) is 54.4 Å². The number of aryl methyl sites for hydroxylation is 1. The normalized spacial score (nSPS) is 10.6. The largest absolute Gasteiger partial charge is 0.496 e. The average Bonchev–Trinajstić information content (AvgIpc) is 2.82. The molecule has 0 amide bonds. The van der Waals surface area contributed by atoms with Gasteiger partial charge in [-0.25, -0.2) is 0 Å². The van der Waals surface area contributed by atoms with E-state index < -0.39 is 11.9 Å². The second-order valence-corrected chi connectivity index (χ2v) is 7.41. The summed E-state index contributed by atoms with van der Waals surface area (Å²) in [4.78, 5) is 15.0. The first kappa shape index (κ1) is 23.6. The lowest BCUT2D eigenvalue weighted by atomic mass is 10.0. The molecule has 0 radical (unpaired) electrons. The topological polar surface area (TPSA) is 69.7 Å². The van der Waals surface area contributed by atoms with Crippen LogP contribution in [0.3, 0.4) is 0 Å². The number of methoxy groups -OCH3 is 2. The number of anilines is 1. The van der Waals surface area contributed by atoms with Gasteiger partial charge in [-0.3, -0.25) is 4.79 Å². The molecule has 0 saturated heterocycles. The Morgan fingerprint density at radius 1 is 1.12 bits per heavy atom. The number of ether oxygens (including phenoxy) is 3. The van der Waals surface area contributed by atoms with Crippen molar-refractivity contribution in [3.05, 3.63) is 64.0 Å². The SMILES string of the molecule is CCc1cccc(-c2cc(Oc3c(Cl)c(F)nc(NCC(=O)OC)c3Cl)ccc2OC)c1. The van der Waals surface area contributed by atoms with Crippen molar-refractivity contribution in [2.45, 2.75) is 13.3 Å². The second kappa shape index (κ2) is 10.5. The lowest BCUT2D eigenvalue weighted by Gasteiger charge is -2.16. The fourth-order valence-electron chi connectivity index (χ4n) is 2.98. The molecule has 0 bridgehead atoms. The van der Waals surface area contributed by atoms with Gasteiger partial charge in [0.05, 0.1) is 14.2 Å². The van der Waals surface area contributed by atoms with Gasteiger partial charge in [-0.15, -0.1) is 0 Å². The smallest absolute Gasteiger partial charge is 0.325 e. The van der Waals surface area contributed by atoms with Gasteiger partial charge in [0.1, 0.15) is 28.1 Å². The summed E-state index contributed by atoms with van der Waals surface area (Å²) >= 11 is 12.4. The van der Waals surface area contributed by atoms with Crippen LogP contribution in [-0.4, -0.2) is 31.7 Å². The molecule has 0 aliphatic rings. The Labute approximate surface area is 195 Å². The summed E-state index contributed by atoms with van der Waals surface area (Å²) in [6, 6.07) is 13.2. The average molecular weight is 479 g/mol. The summed E-state index contributed by atoms with van der Waals surface area (Å²) in [5.74, 6) is -0.803. The number of rotatable bonds is 8. The van der Waals surface area contributed by atoms with Gasteiger partial charge < -0.3 is 19.5 Å². The van der Waals surface area contributed by atoms with Gasteiger partial charge in [0.2, 0.25) is 5.95 Å². The number of hydrogen-bond acceptors (Lipinski definition) is 6. The third kappa shape index (κ3) is 5.23. The lowest BCUT2D eigenvalue weighted by molar-refractivity contribution is -0.138. The number of pyridine rings is 1. The van der Waals surface area contributed by atoms with Gasteiger partial charge in [-0.2, -0.15) is 9.37 Å². The van der Waals surface area contributed by atoms with Gasteiger partial charge in [0.25, 0.3) is 0 Å². The Hall–Kier alpha value is -3.03. The monoisotopic (exact) mass is 478 g/mol. The van der Waals surface area contributed by atoms with E-state index in [-0.39, 0.29) is 28.2 Å². The van der Waals surface area contributed by atoms with E-state index in [1.807, 2.05) is 18.2 Å². The van der Waals surface area contributed by atoms with Crippen LogP contribution in [0.5, 0.6) is 17.2 Å². The number of aromatic nitrogens is 1. The van der Waals surface area contributed by atoms with Crippen LogP contribution in [0, 0.1) is 5.95 Å². The molecule has 3 rings (SSSR count). The Morgan fingerprint density at radius 2 is 1.91 bits per heavy atom. The van der Waals surface area contributed by atoms with Crippen molar-refractivity contribution >= 4 is 35.0 Å². The summed E-state index contributed by atoms with van der Waals surface area (Å²) in [5, 5.41) is 2.15. The Bertz CT molecular complexity index is 1140. The third-order valence-corrected chi connectivity index (χ3v) is 5.34. The number of benzene rings is 2. The number of nitrogens with zero attached hydrogens (tertiary/aromatic N) is 1. The Kier molecular flexibility index (Phi) is 7.77. The molecule has 3 aromatic rings. The van der Waals surface area contributed by atoms with Crippen LogP contribution < -0.4 is 14.8 Å². The predicted octanol–water partition coefficient (Wildman–Crippen LogP) is 6.14. The van der Waals surface area contributed by atoms with Gasteiger partial charge >= 0.3 is 5.97 Å².